The lowest BCUT2D eigenvalue weighted by atomic mass is 9.83. The van der Waals surface area contributed by atoms with E-state index in [1.807, 2.05) is 0 Å². The molecule has 7 N–H and O–H groups in total. The largest absolute Gasteiger partial charge is 0.479 e. The van der Waals surface area contributed by atoms with Gasteiger partial charge in [-0.1, -0.05) is 24.3 Å². The molecule has 22 heteroatoms. The van der Waals surface area contributed by atoms with E-state index in [-0.39, 0.29) is 28.2 Å². The fraction of sp³-hybridized carbons (Fsp3) is 0.0312. The lowest BCUT2D eigenvalue weighted by molar-refractivity contribution is 0.104. The minimum Gasteiger partial charge on any atom is -0.479 e. The monoisotopic (exact) mass is 793 g/mol. The van der Waals surface area contributed by atoms with Gasteiger partial charge in [0.2, 0.25) is 11.9 Å². The molecule has 6 aromatic rings. The van der Waals surface area contributed by atoms with Gasteiger partial charge in [-0.15, -0.1) is 0 Å². The van der Waals surface area contributed by atoms with Crippen LogP contribution in [0.3, 0.4) is 0 Å². The third-order valence-corrected chi connectivity index (χ3v) is 11.0. The number of anilines is 6. The van der Waals surface area contributed by atoms with Crippen molar-refractivity contribution in [2.24, 2.45) is 7.05 Å². The first-order valence-electron chi connectivity index (χ1n) is 15.1. The van der Waals surface area contributed by atoms with Crippen molar-refractivity contribution in [3.05, 3.63) is 100 Å². The minimum absolute atomic E-state index is 0.0302. The van der Waals surface area contributed by atoms with Gasteiger partial charge in [-0.05, 0) is 59.7 Å². The van der Waals surface area contributed by atoms with Crippen LogP contribution in [-0.4, -0.2) is 69.3 Å². The van der Waals surface area contributed by atoms with E-state index in [0.717, 1.165) is 6.07 Å². The summed E-state index contributed by atoms with van der Waals surface area (Å²) < 4.78 is 103. The molecule has 0 bridgehead atoms. The van der Waals surface area contributed by atoms with E-state index >= 15 is 0 Å². The molecule has 276 valence electrons. The van der Waals surface area contributed by atoms with E-state index in [1.54, 1.807) is 37.4 Å². The Bertz CT molecular complexity index is 3030. The molecule has 0 spiro atoms. The fourth-order valence-electron chi connectivity index (χ4n) is 5.95. The SMILES string of the molecule is Cn1c(=O)cc2c3c(c(Nc4cc(Nc5nc(O)nc(Nc6cc(S(=O)(=O)O)ccc6S(=O)(=O)O)n5)ccc4S(=O)(=O)O)ccc31)C(=O)c1ccccc1-2. The highest BCUT2D eigenvalue weighted by Crippen LogP contribution is 2.43. The molecule has 0 radical (unpaired) electrons. The summed E-state index contributed by atoms with van der Waals surface area (Å²) in [6.45, 7) is 0. The average Bonchev–Trinajstić information content (AvgIpc) is 3.07. The van der Waals surface area contributed by atoms with Crippen LogP contribution in [0.25, 0.3) is 22.0 Å². The second-order valence-corrected chi connectivity index (χ2v) is 15.9. The van der Waals surface area contributed by atoms with Gasteiger partial charge < -0.3 is 25.6 Å². The average molecular weight is 794 g/mol. The van der Waals surface area contributed by atoms with Crippen molar-refractivity contribution in [3.63, 3.8) is 0 Å². The summed E-state index contributed by atoms with van der Waals surface area (Å²) in [5.41, 5.74) is 0.837. The number of rotatable bonds is 9. The highest BCUT2D eigenvalue weighted by Gasteiger charge is 2.30. The molecule has 0 saturated carbocycles. The first-order valence-corrected chi connectivity index (χ1v) is 19.4. The van der Waals surface area contributed by atoms with Crippen molar-refractivity contribution in [3.8, 4) is 17.1 Å². The number of fused-ring (bicyclic) bond motifs is 2. The van der Waals surface area contributed by atoms with E-state index in [4.69, 9.17) is 0 Å². The number of pyridine rings is 1. The Hall–Kier alpha value is -6.30. The molecule has 0 saturated heterocycles. The Kier molecular flexibility index (Phi) is 8.47. The molecule has 1 aliphatic rings. The van der Waals surface area contributed by atoms with Crippen molar-refractivity contribution in [1.29, 1.82) is 0 Å². The maximum Gasteiger partial charge on any atom is 0.320 e. The van der Waals surface area contributed by atoms with Crippen LogP contribution in [0.2, 0.25) is 0 Å². The maximum absolute atomic E-state index is 14.0. The van der Waals surface area contributed by atoms with Crippen molar-refractivity contribution in [2.75, 3.05) is 16.0 Å². The molecule has 7 rings (SSSR count). The van der Waals surface area contributed by atoms with Gasteiger partial charge in [-0.25, -0.2) is 0 Å². The zero-order chi connectivity index (χ0) is 38.9. The number of benzene rings is 4. The van der Waals surface area contributed by atoms with E-state index in [1.165, 1.54) is 28.8 Å². The van der Waals surface area contributed by atoms with Gasteiger partial charge in [0.15, 0.2) is 5.78 Å². The summed E-state index contributed by atoms with van der Waals surface area (Å²) in [7, 11) is -13.2. The number of aryl methyl sites for hydroxylation is 1. The molecule has 0 aliphatic heterocycles. The van der Waals surface area contributed by atoms with Gasteiger partial charge in [0.05, 0.1) is 33.0 Å². The van der Waals surface area contributed by atoms with Gasteiger partial charge in [0.1, 0.15) is 9.79 Å². The summed E-state index contributed by atoms with van der Waals surface area (Å²) in [5, 5.41) is 18.6. The summed E-state index contributed by atoms with van der Waals surface area (Å²) in [5.74, 6) is -1.45. The van der Waals surface area contributed by atoms with Gasteiger partial charge >= 0.3 is 6.01 Å². The second kappa shape index (κ2) is 12.7. The van der Waals surface area contributed by atoms with Crippen LogP contribution < -0.4 is 21.5 Å². The topological polar surface area (TPSA) is 297 Å². The Labute approximate surface area is 304 Å². The second-order valence-electron chi connectivity index (χ2n) is 11.7. The lowest BCUT2D eigenvalue weighted by Crippen LogP contribution is -2.21. The Morgan fingerprint density at radius 3 is 1.87 bits per heavy atom. The first-order chi connectivity index (χ1) is 25.3. The smallest absolute Gasteiger partial charge is 0.320 e. The van der Waals surface area contributed by atoms with Crippen LogP contribution in [0, 0.1) is 0 Å². The number of nitrogens with one attached hydrogen (secondary N) is 3. The number of carbonyl (C=O) groups excluding carboxylic acids is 1. The lowest BCUT2D eigenvalue weighted by Gasteiger charge is -2.24. The molecule has 19 nitrogen and oxygen atoms in total. The van der Waals surface area contributed by atoms with Gasteiger partial charge in [0, 0.05) is 29.8 Å². The highest BCUT2D eigenvalue weighted by molar-refractivity contribution is 7.86. The van der Waals surface area contributed by atoms with Crippen LogP contribution >= 0.6 is 0 Å². The minimum atomic E-state index is -4.97. The number of nitrogens with zero attached hydrogens (tertiary/aromatic N) is 4. The van der Waals surface area contributed by atoms with Crippen LogP contribution in [0.1, 0.15) is 15.9 Å². The van der Waals surface area contributed by atoms with Crippen LogP contribution in [-0.2, 0) is 37.4 Å². The van der Waals surface area contributed by atoms with E-state index < -0.39 is 74.4 Å². The number of aromatic nitrogens is 4. The highest BCUT2D eigenvalue weighted by atomic mass is 32.2. The molecular weight excluding hydrogens is 771 g/mol. The molecule has 2 aromatic heterocycles. The van der Waals surface area contributed by atoms with Gasteiger partial charge in [-0.2, -0.15) is 40.2 Å². The molecule has 0 atom stereocenters. The molecular formula is C32H23N7O12S3. The van der Waals surface area contributed by atoms with Crippen LogP contribution in [0.4, 0.5) is 34.6 Å². The normalized spacial score (nSPS) is 12.7. The van der Waals surface area contributed by atoms with Crippen molar-refractivity contribution < 1.29 is 48.8 Å². The van der Waals surface area contributed by atoms with Crippen molar-refractivity contribution in [1.82, 2.24) is 19.5 Å². The summed E-state index contributed by atoms with van der Waals surface area (Å²) in [6.07, 6.45) is 0. The first kappa shape index (κ1) is 36.1. The predicted molar refractivity (Wildman–Crippen MR) is 192 cm³/mol. The predicted octanol–water partition coefficient (Wildman–Crippen LogP) is 3.61. The van der Waals surface area contributed by atoms with Crippen molar-refractivity contribution >= 4 is 81.7 Å². The quantitative estimate of drug-likeness (QED) is 0.103. The maximum atomic E-state index is 14.0. The third kappa shape index (κ3) is 6.59. The number of carbonyl (C=O) groups is 1. The Morgan fingerprint density at radius 1 is 0.611 bits per heavy atom. The standard InChI is InChI=1S/C32H23N7O12S3/c1-39-23-9-8-20(28-27(23)19(14-26(39)40)17-4-2-3-5-18(17)29(28)41)34-21-12-15(6-10-24(21)53(46,47)48)33-30-36-31(38-32(42)37-30)35-22-13-16(52(43,44)45)7-11-25(22)54(49,50)51/h2-14,34H,1H3,(H,43,44,45)(H,46,47,48)(H,49,50,51)(H3,33,35,36,37,38,42). The van der Waals surface area contributed by atoms with Gasteiger partial charge in [0.25, 0.3) is 35.9 Å². The number of hydrogen-bond acceptors (Lipinski definition) is 15. The zero-order valence-electron chi connectivity index (χ0n) is 27.1. The van der Waals surface area contributed by atoms with E-state index in [0.29, 0.717) is 45.8 Å². The Morgan fingerprint density at radius 2 is 1.22 bits per heavy atom. The molecule has 0 unspecified atom stereocenters. The molecule has 0 amide bonds. The van der Waals surface area contributed by atoms with Crippen molar-refractivity contribution in [2.45, 2.75) is 14.7 Å². The summed E-state index contributed by atoms with van der Waals surface area (Å²) in [4.78, 5) is 36.0. The van der Waals surface area contributed by atoms with E-state index in [2.05, 4.69) is 30.9 Å². The fourth-order valence-corrected chi connectivity index (χ4v) is 7.71. The number of hydrogen-bond donors (Lipinski definition) is 7. The number of ketones is 1. The molecule has 54 heavy (non-hydrogen) atoms. The van der Waals surface area contributed by atoms with E-state index in [9.17, 15) is 53.6 Å². The molecule has 0 fully saturated rings. The summed E-state index contributed by atoms with van der Waals surface area (Å²) in [6, 6.07) is 15.6. The molecule has 1 aliphatic carbocycles. The zero-order valence-corrected chi connectivity index (χ0v) is 29.5. The molecule has 2 heterocycles. The molecule has 4 aromatic carbocycles. The third-order valence-electron chi connectivity index (χ3n) is 8.28. The van der Waals surface area contributed by atoms with Crippen LogP contribution in [0.15, 0.2) is 98.3 Å². The summed E-state index contributed by atoms with van der Waals surface area (Å²) >= 11 is 0. The van der Waals surface area contributed by atoms with Gasteiger partial charge in [-0.3, -0.25) is 23.2 Å². The number of aromatic hydroxyl groups is 1. The van der Waals surface area contributed by atoms with Crippen LogP contribution in [0.5, 0.6) is 6.01 Å². The Balaban J connectivity index is 1.29.